The quantitative estimate of drug-likeness (QED) is 0.845. The van der Waals surface area contributed by atoms with E-state index in [0.717, 1.165) is 17.8 Å². The van der Waals surface area contributed by atoms with Gasteiger partial charge in [-0.2, -0.15) is 13.2 Å². The molecule has 1 aliphatic heterocycles. The number of anilines is 1. The summed E-state index contributed by atoms with van der Waals surface area (Å²) >= 11 is 0. The second kappa shape index (κ2) is 6.51. The first-order chi connectivity index (χ1) is 11.4. The smallest absolute Gasteiger partial charge is 0.368 e. The Labute approximate surface area is 137 Å². The zero-order chi connectivity index (χ0) is 17.2. The number of halogens is 3. The van der Waals surface area contributed by atoms with Crippen molar-refractivity contribution in [1.82, 2.24) is 4.90 Å². The summed E-state index contributed by atoms with van der Waals surface area (Å²) in [6.07, 6.45) is -0.704. The summed E-state index contributed by atoms with van der Waals surface area (Å²) in [5.74, 6) is -0.232. The minimum atomic E-state index is -4.39. The molecule has 0 atom stereocenters. The first kappa shape index (κ1) is 16.3. The summed E-state index contributed by atoms with van der Waals surface area (Å²) in [6, 6.07) is 8.31. The molecule has 1 N–H and O–H groups in total. The van der Waals surface area contributed by atoms with Crippen LogP contribution in [-0.4, -0.2) is 37.0 Å². The molecule has 1 amide bonds. The van der Waals surface area contributed by atoms with Crippen LogP contribution in [0.5, 0.6) is 0 Å². The maximum absolute atomic E-state index is 12.6. The van der Waals surface area contributed by atoms with Crippen molar-refractivity contribution in [3.05, 3.63) is 59.9 Å². The van der Waals surface area contributed by atoms with Crippen molar-refractivity contribution >= 4 is 11.6 Å². The molecule has 4 nitrogen and oxygen atoms in total. The zero-order valence-electron chi connectivity index (χ0n) is 12.9. The Hall–Kier alpha value is -2.57. The molecule has 0 radical (unpaired) electrons. The SMILES string of the molecule is O=C(c1ccc(C(F)(F)F)cc1)N1CCN(c2cc[nH+]cc2)CC1. The molecule has 126 valence electrons. The average molecular weight is 336 g/mol. The third-order valence-corrected chi connectivity index (χ3v) is 4.09. The molecule has 2 heterocycles. The molecule has 24 heavy (non-hydrogen) atoms. The maximum atomic E-state index is 12.6. The first-order valence-corrected chi connectivity index (χ1v) is 7.63. The minimum absolute atomic E-state index is 0.232. The second-order valence-corrected chi connectivity index (χ2v) is 5.61. The number of hydrogen-bond donors (Lipinski definition) is 0. The Bertz CT molecular complexity index is 693. The van der Waals surface area contributed by atoms with Crippen molar-refractivity contribution in [2.45, 2.75) is 6.18 Å². The number of piperazine rings is 1. The summed E-state index contributed by atoms with van der Waals surface area (Å²) in [4.78, 5) is 19.2. The highest BCUT2D eigenvalue weighted by Gasteiger charge is 2.30. The van der Waals surface area contributed by atoms with Gasteiger partial charge in [-0.3, -0.25) is 4.79 Å². The monoisotopic (exact) mass is 336 g/mol. The molecular formula is C17H17F3N3O+. The largest absolute Gasteiger partial charge is 0.416 e. The van der Waals surface area contributed by atoms with E-state index >= 15 is 0 Å². The fourth-order valence-corrected chi connectivity index (χ4v) is 2.74. The van der Waals surface area contributed by atoms with Gasteiger partial charge in [0.2, 0.25) is 0 Å². The number of amides is 1. The van der Waals surface area contributed by atoms with E-state index in [4.69, 9.17) is 0 Å². The summed E-state index contributed by atoms with van der Waals surface area (Å²) in [5.41, 5.74) is 0.617. The van der Waals surface area contributed by atoms with E-state index in [0.29, 0.717) is 26.2 Å². The number of alkyl halides is 3. The molecule has 0 bridgehead atoms. The molecular weight excluding hydrogens is 319 g/mol. The van der Waals surface area contributed by atoms with Gasteiger partial charge in [-0.1, -0.05) is 0 Å². The Kier molecular flexibility index (Phi) is 4.42. The maximum Gasteiger partial charge on any atom is 0.416 e. The molecule has 1 saturated heterocycles. The fraction of sp³-hybridized carbons (Fsp3) is 0.294. The lowest BCUT2D eigenvalue weighted by Gasteiger charge is -2.35. The van der Waals surface area contributed by atoms with Gasteiger partial charge in [-0.05, 0) is 24.3 Å². The molecule has 0 aliphatic carbocycles. The summed E-state index contributed by atoms with van der Waals surface area (Å²) < 4.78 is 37.7. The number of H-pyrrole nitrogens is 1. The Morgan fingerprint density at radius 2 is 1.50 bits per heavy atom. The lowest BCUT2D eigenvalue weighted by Crippen LogP contribution is -2.48. The van der Waals surface area contributed by atoms with Crippen molar-refractivity contribution in [3.63, 3.8) is 0 Å². The van der Waals surface area contributed by atoms with Crippen molar-refractivity contribution in [3.8, 4) is 0 Å². The normalized spacial score (nSPS) is 15.5. The Morgan fingerprint density at radius 3 is 2.04 bits per heavy atom. The predicted molar refractivity (Wildman–Crippen MR) is 82.6 cm³/mol. The van der Waals surface area contributed by atoms with Crippen LogP contribution < -0.4 is 9.88 Å². The van der Waals surface area contributed by atoms with E-state index in [1.54, 1.807) is 4.90 Å². The highest BCUT2D eigenvalue weighted by molar-refractivity contribution is 5.94. The van der Waals surface area contributed by atoms with Gasteiger partial charge in [0.15, 0.2) is 12.4 Å². The molecule has 1 aromatic heterocycles. The molecule has 1 fully saturated rings. The van der Waals surface area contributed by atoms with E-state index in [-0.39, 0.29) is 11.5 Å². The molecule has 1 aromatic carbocycles. The van der Waals surface area contributed by atoms with E-state index in [2.05, 4.69) is 9.88 Å². The van der Waals surface area contributed by atoms with Gasteiger partial charge in [0.25, 0.3) is 5.91 Å². The fourth-order valence-electron chi connectivity index (χ4n) is 2.74. The van der Waals surface area contributed by atoms with Crippen molar-refractivity contribution in [2.24, 2.45) is 0 Å². The molecule has 0 spiro atoms. The molecule has 2 aromatic rings. The Morgan fingerprint density at radius 1 is 0.917 bits per heavy atom. The van der Waals surface area contributed by atoms with Gasteiger partial charge in [0.1, 0.15) is 0 Å². The Balaban J connectivity index is 1.63. The van der Waals surface area contributed by atoms with Crippen LogP contribution in [0.4, 0.5) is 18.9 Å². The lowest BCUT2D eigenvalue weighted by molar-refractivity contribution is -0.377. The number of benzene rings is 1. The van der Waals surface area contributed by atoms with Gasteiger partial charge in [-0.25, -0.2) is 4.98 Å². The summed E-state index contributed by atoms with van der Waals surface area (Å²) in [7, 11) is 0. The van der Waals surface area contributed by atoms with E-state index in [9.17, 15) is 18.0 Å². The lowest BCUT2D eigenvalue weighted by atomic mass is 10.1. The topological polar surface area (TPSA) is 37.7 Å². The van der Waals surface area contributed by atoms with Gasteiger partial charge in [0.05, 0.1) is 5.56 Å². The van der Waals surface area contributed by atoms with Crippen LogP contribution in [0.1, 0.15) is 15.9 Å². The number of aromatic nitrogens is 1. The van der Waals surface area contributed by atoms with Crippen LogP contribution in [0.3, 0.4) is 0 Å². The van der Waals surface area contributed by atoms with E-state index < -0.39 is 11.7 Å². The van der Waals surface area contributed by atoms with Crippen molar-refractivity contribution in [1.29, 1.82) is 0 Å². The minimum Gasteiger partial charge on any atom is -0.368 e. The third-order valence-electron chi connectivity index (χ3n) is 4.09. The number of pyridine rings is 1. The van der Waals surface area contributed by atoms with Crippen LogP contribution >= 0.6 is 0 Å². The molecule has 3 rings (SSSR count). The number of hydrogen-bond acceptors (Lipinski definition) is 2. The second-order valence-electron chi connectivity index (χ2n) is 5.61. The number of nitrogens with one attached hydrogen (secondary N) is 1. The van der Waals surface area contributed by atoms with Gasteiger partial charge in [-0.15, -0.1) is 0 Å². The number of aromatic amines is 1. The predicted octanol–water partition coefficient (Wildman–Crippen LogP) is 2.48. The number of rotatable bonds is 2. The average Bonchev–Trinajstić information content (AvgIpc) is 2.61. The summed E-state index contributed by atoms with van der Waals surface area (Å²) in [5, 5.41) is 0. The molecule has 0 unspecified atom stereocenters. The molecule has 7 heteroatoms. The van der Waals surface area contributed by atoms with Gasteiger partial charge < -0.3 is 9.80 Å². The van der Waals surface area contributed by atoms with Gasteiger partial charge >= 0.3 is 6.18 Å². The van der Waals surface area contributed by atoms with Crippen LogP contribution in [0.2, 0.25) is 0 Å². The third kappa shape index (κ3) is 3.50. The number of nitrogens with zero attached hydrogens (tertiary/aromatic N) is 2. The van der Waals surface area contributed by atoms with Crippen molar-refractivity contribution in [2.75, 3.05) is 31.1 Å². The van der Waals surface area contributed by atoms with Crippen LogP contribution in [0, 0.1) is 0 Å². The van der Waals surface area contributed by atoms with Crippen molar-refractivity contribution < 1.29 is 22.9 Å². The van der Waals surface area contributed by atoms with Crippen LogP contribution in [0.25, 0.3) is 0 Å². The standard InChI is InChI=1S/C17H16F3N3O/c18-17(19,20)14-3-1-13(2-4-14)16(24)23-11-9-22(10-12-23)15-5-7-21-8-6-15/h1-8H,9-12H2/p+1. The van der Waals surface area contributed by atoms with Gasteiger partial charge in [0, 0.05) is 49.6 Å². The zero-order valence-corrected chi connectivity index (χ0v) is 12.9. The highest BCUT2D eigenvalue weighted by atomic mass is 19.4. The molecule has 1 aliphatic rings. The number of carbonyl (C=O) groups is 1. The van der Waals surface area contributed by atoms with E-state index in [1.807, 2.05) is 24.5 Å². The van der Waals surface area contributed by atoms with Crippen LogP contribution in [-0.2, 0) is 6.18 Å². The first-order valence-electron chi connectivity index (χ1n) is 7.63. The van der Waals surface area contributed by atoms with E-state index in [1.165, 1.54) is 12.1 Å². The summed E-state index contributed by atoms with van der Waals surface area (Å²) in [6.45, 7) is 2.46. The number of carbonyl (C=O) groups excluding carboxylic acids is 1. The van der Waals surface area contributed by atoms with Crippen LogP contribution in [0.15, 0.2) is 48.8 Å². The molecule has 0 saturated carbocycles. The highest BCUT2D eigenvalue weighted by Crippen LogP contribution is 2.29.